The van der Waals surface area contributed by atoms with Gasteiger partial charge in [-0.1, -0.05) is 0 Å². The summed E-state index contributed by atoms with van der Waals surface area (Å²) in [4.78, 5) is 3.90. The van der Waals surface area contributed by atoms with Crippen LogP contribution in [0.1, 0.15) is 5.82 Å². The van der Waals surface area contributed by atoms with Crippen molar-refractivity contribution in [1.29, 1.82) is 0 Å². The summed E-state index contributed by atoms with van der Waals surface area (Å²) < 4.78 is 52.3. The van der Waals surface area contributed by atoms with E-state index in [1.807, 2.05) is 0 Å². The number of alkyl halides is 3. The molecular weight excluding hydrogens is 292 g/mol. The van der Waals surface area contributed by atoms with Gasteiger partial charge >= 0.3 is 6.18 Å². The highest BCUT2D eigenvalue weighted by atomic mass is 19.4. The van der Waals surface area contributed by atoms with Gasteiger partial charge in [-0.05, 0) is 18.2 Å². The first kappa shape index (κ1) is 13.3. The Kier molecular flexibility index (Phi) is 2.78. The SMILES string of the molecule is Oc1ccc(-c2cn3c(C(F)(F)F)nnc3cn2)cc1F. The second kappa shape index (κ2) is 4.40. The topological polar surface area (TPSA) is 63.3 Å². The Labute approximate surface area is 114 Å². The van der Waals surface area contributed by atoms with E-state index in [0.29, 0.717) is 0 Å². The van der Waals surface area contributed by atoms with E-state index < -0.39 is 23.6 Å². The van der Waals surface area contributed by atoms with E-state index >= 15 is 0 Å². The number of halogens is 4. The molecule has 5 nitrogen and oxygen atoms in total. The number of fused-ring (bicyclic) bond motifs is 1. The van der Waals surface area contributed by atoms with Gasteiger partial charge in [-0.3, -0.25) is 9.38 Å². The third-order valence-corrected chi connectivity index (χ3v) is 2.79. The summed E-state index contributed by atoms with van der Waals surface area (Å²) in [5.41, 5.74) is 0.228. The molecule has 0 saturated carbocycles. The first-order valence-electron chi connectivity index (χ1n) is 5.63. The lowest BCUT2D eigenvalue weighted by atomic mass is 10.1. The molecule has 0 amide bonds. The van der Waals surface area contributed by atoms with E-state index in [2.05, 4.69) is 15.2 Å². The first-order chi connectivity index (χ1) is 9.86. The summed E-state index contributed by atoms with van der Waals surface area (Å²) in [7, 11) is 0. The Morgan fingerprint density at radius 3 is 2.57 bits per heavy atom. The van der Waals surface area contributed by atoms with Crippen LogP contribution >= 0.6 is 0 Å². The van der Waals surface area contributed by atoms with Crippen LogP contribution in [0.3, 0.4) is 0 Å². The van der Waals surface area contributed by atoms with E-state index in [1.54, 1.807) is 0 Å². The molecule has 0 aliphatic heterocycles. The van der Waals surface area contributed by atoms with Crippen LogP contribution in [0.4, 0.5) is 17.6 Å². The standard InChI is InChI=1S/C12H6F4N4O/c13-7-3-6(1-2-9(7)21)8-5-20-10(4-17-8)18-19-11(20)12(14,15)16/h1-5,21H. The summed E-state index contributed by atoms with van der Waals surface area (Å²) in [6.45, 7) is 0. The smallest absolute Gasteiger partial charge is 0.452 e. The summed E-state index contributed by atoms with van der Waals surface area (Å²) in [5, 5.41) is 15.5. The Morgan fingerprint density at radius 1 is 1.14 bits per heavy atom. The number of nitrogens with zero attached hydrogens (tertiary/aromatic N) is 4. The lowest BCUT2D eigenvalue weighted by molar-refractivity contribution is -0.145. The van der Waals surface area contributed by atoms with Crippen molar-refractivity contribution in [2.75, 3.05) is 0 Å². The molecule has 1 N–H and O–H groups in total. The van der Waals surface area contributed by atoms with Crippen molar-refractivity contribution in [1.82, 2.24) is 19.6 Å². The average molecular weight is 298 g/mol. The van der Waals surface area contributed by atoms with Gasteiger partial charge < -0.3 is 5.11 Å². The predicted molar refractivity (Wildman–Crippen MR) is 62.8 cm³/mol. The van der Waals surface area contributed by atoms with E-state index in [4.69, 9.17) is 5.11 Å². The molecule has 0 atom stereocenters. The number of hydrogen-bond acceptors (Lipinski definition) is 4. The van der Waals surface area contributed by atoms with Crippen LogP contribution < -0.4 is 0 Å². The zero-order valence-corrected chi connectivity index (χ0v) is 10.1. The lowest BCUT2D eigenvalue weighted by Crippen LogP contribution is -2.11. The van der Waals surface area contributed by atoms with Crippen molar-refractivity contribution in [3.63, 3.8) is 0 Å². The fraction of sp³-hybridized carbons (Fsp3) is 0.0833. The maximum atomic E-state index is 13.3. The van der Waals surface area contributed by atoms with Gasteiger partial charge in [0.1, 0.15) is 0 Å². The number of hydrogen-bond donors (Lipinski definition) is 1. The monoisotopic (exact) mass is 298 g/mol. The molecule has 1 aromatic carbocycles. The van der Waals surface area contributed by atoms with Crippen molar-refractivity contribution < 1.29 is 22.7 Å². The Bertz CT molecular complexity index is 828. The molecule has 2 heterocycles. The minimum absolute atomic E-state index is 0.0784. The minimum Gasteiger partial charge on any atom is -0.505 e. The van der Waals surface area contributed by atoms with E-state index in [9.17, 15) is 17.6 Å². The van der Waals surface area contributed by atoms with Crippen LogP contribution in [0.25, 0.3) is 16.9 Å². The number of aromatic hydroxyl groups is 1. The molecule has 0 saturated heterocycles. The maximum absolute atomic E-state index is 13.3. The normalized spacial score (nSPS) is 12.0. The number of benzene rings is 1. The maximum Gasteiger partial charge on any atom is 0.452 e. The highest BCUT2D eigenvalue weighted by Gasteiger charge is 2.37. The molecule has 2 aromatic heterocycles. The summed E-state index contributed by atoms with van der Waals surface area (Å²) >= 11 is 0. The molecule has 0 aliphatic carbocycles. The largest absolute Gasteiger partial charge is 0.505 e. The number of aromatic nitrogens is 4. The molecule has 9 heteroatoms. The summed E-state index contributed by atoms with van der Waals surface area (Å²) in [5.74, 6) is -2.64. The van der Waals surface area contributed by atoms with E-state index in [-0.39, 0.29) is 16.9 Å². The van der Waals surface area contributed by atoms with Crippen molar-refractivity contribution in [2.24, 2.45) is 0 Å². The van der Waals surface area contributed by atoms with Gasteiger partial charge in [0.05, 0.1) is 11.9 Å². The Balaban J connectivity index is 2.18. The molecule has 0 aliphatic rings. The van der Waals surface area contributed by atoms with Crippen molar-refractivity contribution in [3.05, 3.63) is 42.2 Å². The molecule has 3 rings (SSSR count). The van der Waals surface area contributed by atoms with Crippen LogP contribution in [0.2, 0.25) is 0 Å². The van der Waals surface area contributed by atoms with E-state index in [0.717, 1.165) is 28.9 Å². The molecule has 108 valence electrons. The predicted octanol–water partition coefficient (Wildman–Crippen LogP) is 2.65. The highest BCUT2D eigenvalue weighted by molar-refractivity contribution is 5.60. The van der Waals surface area contributed by atoms with Crippen LogP contribution in [-0.2, 0) is 6.18 Å². The van der Waals surface area contributed by atoms with Gasteiger partial charge in [-0.2, -0.15) is 13.2 Å². The average Bonchev–Trinajstić information content (AvgIpc) is 2.84. The van der Waals surface area contributed by atoms with Gasteiger partial charge in [0.2, 0.25) is 5.82 Å². The quantitative estimate of drug-likeness (QED) is 0.702. The highest BCUT2D eigenvalue weighted by Crippen LogP contribution is 2.29. The molecule has 21 heavy (non-hydrogen) atoms. The van der Waals surface area contributed by atoms with Crippen LogP contribution in [0.5, 0.6) is 5.75 Å². The fourth-order valence-electron chi connectivity index (χ4n) is 1.81. The van der Waals surface area contributed by atoms with Crippen LogP contribution in [0.15, 0.2) is 30.6 Å². The Hall–Kier alpha value is -2.71. The summed E-state index contributed by atoms with van der Waals surface area (Å²) in [6.07, 6.45) is -2.51. The van der Waals surface area contributed by atoms with Gasteiger partial charge in [-0.15, -0.1) is 10.2 Å². The third-order valence-electron chi connectivity index (χ3n) is 2.79. The first-order valence-corrected chi connectivity index (χ1v) is 5.63. The van der Waals surface area contributed by atoms with Gasteiger partial charge in [-0.25, -0.2) is 4.39 Å². The molecular formula is C12H6F4N4O. The molecule has 0 radical (unpaired) electrons. The summed E-state index contributed by atoms with van der Waals surface area (Å²) in [6, 6.07) is 3.40. The van der Waals surface area contributed by atoms with Crippen molar-refractivity contribution >= 4 is 5.65 Å². The van der Waals surface area contributed by atoms with Crippen molar-refractivity contribution in [3.8, 4) is 17.0 Å². The molecule has 3 aromatic rings. The molecule has 0 spiro atoms. The minimum atomic E-state index is -4.67. The fourth-order valence-corrected chi connectivity index (χ4v) is 1.81. The van der Waals surface area contributed by atoms with Crippen LogP contribution in [-0.4, -0.2) is 24.7 Å². The molecule has 0 bridgehead atoms. The van der Waals surface area contributed by atoms with Gasteiger partial charge in [0.15, 0.2) is 17.2 Å². The zero-order chi connectivity index (χ0) is 15.2. The molecule has 0 unspecified atom stereocenters. The zero-order valence-electron chi connectivity index (χ0n) is 10.1. The van der Waals surface area contributed by atoms with E-state index in [1.165, 1.54) is 6.07 Å². The molecule has 0 fully saturated rings. The Morgan fingerprint density at radius 2 is 1.90 bits per heavy atom. The van der Waals surface area contributed by atoms with Crippen molar-refractivity contribution in [2.45, 2.75) is 6.18 Å². The third kappa shape index (κ3) is 2.26. The van der Waals surface area contributed by atoms with Crippen LogP contribution in [0, 0.1) is 5.82 Å². The number of rotatable bonds is 1. The van der Waals surface area contributed by atoms with Gasteiger partial charge in [0.25, 0.3) is 0 Å². The van der Waals surface area contributed by atoms with Gasteiger partial charge in [0, 0.05) is 11.8 Å². The number of phenols is 1. The second-order valence-electron chi connectivity index (χ2n) is 4.19. The second-order valence-corrected chi connectivity index (χ2v) is 4.19. The number of phenolic OH excluding ortho intramolecular Hbond substituents is 1. The lowest BCUT2D eigenvalue weighted by Gasteiger charge is -2.06.